The summed E-state index contributed by atoms with van der Waals surface area (Å²) in [7, 11) is 1.30. The summed E-state index contributed by atoms with van der Waals surface area (Å²) in [5, 5.41) is 3.69. The Kier molecular flexibility index (Phi) is 10.0. The molecular formula is C25H27Cl2N3O4S. The number of hydrogen-bond donors (Lipinski definition) is 1. The number of carbonyl (C=O) groups is 3. The molecule has 0 aliphatic carbocycles. The third-order valence-corrected chi connectivity index (χ3v) is 7.66. The summed E-state index contributed by atoms with van der Waals surface area (Å²) in [5.41, 5.74) is 1.53. The van der Waals surface area contributed by atoms with E-state index in [9.17, 15) is 14.4 Å². The van der Waals surface area contributed by atoms with Crippen LogP contribution in [0.5, 0.6) is 0 Å². The van der Waals surface area contributed by atoms with Crippen molar-refractivity contribution in [3.05, 3.63) is 63.9 Å². The highest BCUT2D eigenvalue weighted by molar-refractivity contribution is 7.98. The fourth-order valence-electron chi connectivity index (χ4n) is 3.84. The van der Waals surface area contributed by atoms with Gasteiger partial charge in [0.25, 0.3) is 0 Å². The Balaban J connectivity index is 1.55. The van der Waals surface area contributed by atoms with Crippen molar-refractivity contribution in [2.75, 3.05) is 26.5 Å². The minimum atomic E-state index is -0.786. The average Bonchev–Trinajstić information content (AvgIpc) is 2.89. The lowest BCUT2D eigenvalue weighted by Gasteiger charge is -2.31. The molecule has 2 amide bonds. The van der Waals surface area contributed by atoms with Crippen LogP contribution in [0.3, 0.4) is 0 Å². The Hall–Kier alpha value is -2.55. The minimum absolute atomic E-state index is 0.157. The molecule has 1 aliphatic rings. The number of aromatic nitrogens is 1. The number of hydrogen-bond acceptors (Lipinski definition) is 6. The van der Waals surface area contributed by atoms with Crippen LogP contribution in [0.25, 0.3) is 6.08 Å². The number of amides is 2. The van der Waals surface area contributed by atoms with E-state index >= 15 is 0 Å². The highest BCUT2D eigenvalue weighted by atomic mass is 35.5. The van der Waals surface area contributed by atoms with Crippen molar-refractivity contribution >= 4 is 58.8 Å². The number of benzene rings is 1. The van der Waals surface area contributed by atoms with Gasteiger partial charge < -0.3 is 15.0 Å². The van der Waals surface area contributed by atoms with Crippen molar-refractivity contribution in [3.63, 3.8) is 0 Å². The average molecular weight is 536 g/mol. The van der Waals surface area contributed by atoms with Crippen molar-refractivity contribution in [2.24, 2.45) is 5.92 Å². The quantitative estimate of drug-likeness (QED) is 0.308. The van der Waals surface area contributed by atoms with Crippen molar-refractivity contribution < 1.29 is 19.1 Å². The van der Waals surface area contributed by atoms with Crippen molar-refractivity contribution in [1.29, 1.82) is 0 Å². The smallest absolute Gasteiger partial charge is 0.328 e. The summed E-state index contributed by atoms with van der Waals surface area (Å²) < 4.78 is 4.86. The van der Waals surface area contributed by atoms with Gasteiger partial charge in [0.1, 0.15) is 6.04 Å². The number of nitrogens with one attached hydrogen (secondary N) is 1. The number of halogens is 2. The Morgan fingerprint density at radius 2 is 1.86 bits per heavy atom. The number of thioether (sulfide) groups is 1. The first-order chi connectivity index (χ1) is 16.8. The van der Waals surface area contributed by atoms with Gasteiger partial charge in [-0.25, -0.2) is 4.79 Å². The molecule has 0 bridgehead atoms. The second kappa shape index (κ2) is 13.0. The Bertz CT molecular complexity index is 1090. The molecule has 186 valence electrons. The molecule has 0 radical (unpaired) electrons. The predicted molar refractivity (Wildman–Crippen MR) is 138 cm³/mol. The van der Waals surface area contributed by atoms with Crippen molar-refractivity contribution in [1.82, 2.24) is 15.2 Å². The first-order valence-electron chi connectivity index (χ1n) is 11.1. The molecule has 1 aromatic heterocycles. The molecule has 3 rings (SSSR count). The number of esters is 1. The third-order valence-electron chi connectivity index (χ3n) is 5.87. The normalized spacial score (nSPS) is 15.1. The molecule has 35 heavy (non-hydrogen) atoms. The largest absolute Gasteiger partial charge is 0.467 e. The van der Waals surface area contributed by atoms with E-state index in [-0.39, 0.29) is 17.7 Å². The molecule has 2 heterocycles. The molecule has 1 N–H and O–H groups in total. The number of likely N-dealkylation sites (tertiary alicyclic amines) is 1. The Labute approximate surface area is 219 Å². The summed E-state index contributed by atoms with van der Waals surface area (Å²) >= 11 is 14.1. The van der Waals surface area contributed by atoms with Gasteiger partial charge in [0.2, 0.25) is 11.8 Å². The summed E-state index contributed by atoms with van der Waals surface area (Å²) in [6.45, 7) is 0.878. The lowest BCUT2D eigenvalue weighted by atomic mass is 9.95. The maximum Gasteiger partial charge on any atom is 0.328 e. The fraction of sp³-hybridized carbons (Fsp3) is 0.360. The minimum Gasteiger partial charge on any atom is -0.467 e. The Morgan fingerprint density at radius 3 is 2.49 bits per heavy atom. The zero-order valence-corrected chi connectivity index (χ0v) is 21.8. The predicted octanol–water partition coefficient (Wildman–Crippen LogP) is 4.26. The van der Waals surface area contributed by atoms with Crippen LogP contribution in [-0.4, -0.2) is 60.2 Å². The van der Waals surface area contributed by atoms with E-state index in [1.165, 1.54) is 24.9 Å². The second-order valence-corrected chi connectivity index (χ2v) is 9.67. The summed E-state index contributed by atoms with van der Waals surface area (Å²) in [5.74, 6) is -1.17. The zero-order chi connectivity index (χ0) is 25.4. The molecule has 1 aliphatic heterocycles. The van der Waals surface area contributed by atoms with Gasteiger partial charge in [-0.2, -0.15) is 0 Å². The molecule has 1 fully saturated rings. The third kappa shape index (κ3) is 7.22. The standard InChI is InChI=1S/C25H27Cl2N3O4S/c1-34-25(33)19(15-16-7-11-28-12-8-16)29-24(32)18-9-13-30(14-10-18)21(31)6-4-17-3-5-20(35-2)23(27)22(17)26/h3-8,11-12,18-19H,9-10,13-15H2,1-2H3,(H,29,32)/b6-4+. The molecule has 0 saturated carbocycles. The van der Waals surface area contributed by atoms with Crippen LogP contribution in [0.4, 0.5) is 0 Å². The van der Waals surface area contributed by atoms with E-state index in [0.717, 1.165) is 10.5 Å². The molecule has 1 saturated heterocycles. The van der Waals surface area contributed by atoms with Gasteiger partial charge in [-0.3, -0.25) is 14.6 Å². The van der Waals surface area contributed by atoms with Gasteiger partial charge in [0.15, 0.2) is 0 Å². The molecule has 1 atom stereocenters. The number of carbonyl (C=O) groups excluding carboxylic acids is 3. The maximum absolute atomic E-state index is 12.9. The second-order valence-electron chi connectivity index (χ2n) is 8.06. The Morgan fingerprint density at radius 1 is 1.17 bits per heavy atom. The lowest BCUT2D eigenvalue weighted by molar-refractivity contribution is -0.145. The first-order valence-corrected chi connectivity index (χ1v) is 13.1. The molecule has 7 nitrogen and oxygen atoms in total. The van der Waals surface area contributed by atoms with Crippen LogP contribution < -0.4 is 5.32 Å². The van der Waals surface area contributed by atoms with Gasteiger partial charge in [-0.1, -0.05) is 29.3 Å². The molecule has 0 spiro atoms. The number of methoxy groups -OCH3 is 1. The van der Waals surface area contributed by atoms with Gasteiger partial charge in [-0.05, 0) is 54.5 Å². The highest BCUT2D eigenvalue weighted by Gasteiger charge is 2.30. The summed E-state index contributed by atoms with van der Waals surface area (Å²) in [6, 6.07) is 6.48. The van der Waals surface area contributed by atoms with Crippen LogP contribution in [-0.2, 0) is 25.5 Å². The molecular weight excluding hydrogens is 509 g/mol. The number of piperidine rings is 1. The molecule has 1 aromatic carbocycles. The van der Waals surface area contributed by atoms with E-state index in [0.29, 0.717) is 48.0 Å². The van der Waals surface area contributed by atoms with Crippen LogP contribution >= 0.6 is 35.0 Å². The van der Waals surface area contributed by atoms with Gasteiger partial charge in [0.05, 0.1) is 17.2 Å². The van der Waals surface area contributed by atoms with E-state index < -0.39 is 12.0 Å². The van der Waals surface area contributed by atoms with E-state index in [1.54, 1.807) is 35.5 Å². The lowest BCUT2D eigenvalue weighted by Crippen LogP contribution is -2.48. The van der Waals surface area contributed by atoms with Crippen molar-refractivity contribution in [3.8, 4) is 0 Å². The SMILES string of the molecule is COC(=O)C(Cc1ccncc1)NC(=O)C1CCN(C(=O)/C=C/c2ccc(SC)c(Cl)c2Cl)CC1. The van der Waals surface area contributed by atoms with E-state index in [4.69, 9.17) is 27.9 Å². The zero-order valence-electron chi connectivity index (χ0n) is 19.5. The summed E-state index contributed by atoms with van der Waals surface area (Å²) in [6.07, 6.45) is 9.62. The first kappa shape index (κ1) is 27.0. The van der Waals surface area contributed by atoms with Gasteiger partial charge >= 0.3 is 5.97 Å². The molecule has 2 aromatic rings. The highest BCUT2D eigenvalue weighted by Crippen LogP contribution is 2.35. The van der Waals surface area contributed by atoms with E-state index in [2.05, 4.69) is 10.3 Å². The van der Waals surface area contributed by atoms with Crippen LogP contribution in [0.2, 0.25) is 10.0 Å². The number of rotatable bonds is 8. The number of ether oxygens (including phenoxy) is 1. The van der Waals surface area contributed by atoms with E-state index in [1.807, 2.05) is 18.4 Å². The van der Waals surface area contributed by atoms with Gasteiger partial charge in [0, 0.05) is 48.8 Å². The fourth-order valence-corrected chi connectivity index (χ4v) is 5.01. The van der Waals surface area contributed by atoms with Crippen molar-refractivity contribution in [2.45, 2.75) is 30.2 Å². The topological polar surface area (TPSA) is 88.6 Å². The van der Waals surface area contributed by atoms with Crippen LogP contribution in [0, 0.1) is 5.92 Å². The molecule has 10 heteroatoms. The van der Waals surface area contributed by atoms with Crippen LogP contribution in [0.15, 0.2) is 47.6 Å². The molecule has 1 unspecified atom stereocenters. The van der Waals surface area contributed by atoms with Gasteiger partial charge in [-0.15, -0.1) is 11.8 Å². The van der Waals surface area contributed by atoms with Crippen LogP contribution in [0.1, 0.15) is 24.0 Å². The summed E-state index contributed by atoms with van der Waals surface area (Å²) in [4.78, 5) is 44.3. The number of nitrogens with zero attached hydrogens (tertiary/aromatic N) is 2. The number of pyridine rings is 1. The monoisotopic (exact) mass is 535 g/mol. The maximum atomic E-state index is 12.9.